The van der Waals surface area contributed by atoms with Gasteiger partial charge in [0.25, 0.3) is 0 Å². The number of aryl methyl sites for hydroxylation is 1. The second-order valence-corrected chi connectivity index (χ2v) is 15.4. The fourth-order valence-corrected chi connectivity index (χ4v) is 7.60. The molecule has 53 heavy (non-hydrogen) atoms. The Hall–Kier alpha value is -5.42. The van der Waals surface area contributed by atoms with Gasteiger partial charge < -0.3 is 21.3 Å². The van der Waals surface area contributed by atoms with Crippen LogP contribution in [-0.2, 0) is 35.7 Å². The molecule has 0 spiro atoms. The van der Waals surface area contributed by atoms with Crippen LogP contribution in [0, 0.1) is 12.8 Å². The zero-order valence-corrected chi connectivity index (χ0v) is 31.3. The van der Waals surface area contributed by atoms with Crippen molar-refractivity contribution in [1.82, 2.24) is 50.1 Å². The van der Waals surface area contributed by atoms with Gasteiger partial charge in [-0.25, -0.2) is 22.8 Å². The summed E-state index contributed by atoms with van der Waals surface area (Å²) in [4.78, 5) is 58.3. The molecule has 0 radical (unpaired) electrons. The van der Waals surface area contributed by atoms with E-state index in [1.165, 1.54) is 22.4 Å². The average molecular weight is 747 g/mol. The van der Waals surface area contributed by atoms with E-state index in [1.54, 1.807) is 44.4 Å². The number of hydrogen-bond donors (Lipinski definition) is 4. The van der Waals surface area contributed by atoms with Crippen LogP contribution in [0.15, 0.2) is 71.9 Å². The van der Waals surface area contributed by atoms with Crippen LogP contribution < -0.4 is 21.3 Å². The number of nitrogens with zero attached hydrogens (tertiary/aromatic N) is 6. The molecule has 0 bridgehead atoms. The molecule has 3 atom stereocenters. The van der Waals surface area contributed by atoms with Crippen molar-refractivity contribution in [2.75, 3.05) is 19.6 Å². The van der Waals surface area contributed by atoms with E-state index in [-0.39, 0.29) is 43.3 Å². The van der Waals surface area contributed by atoms with E-state index in [0.717, 1.165) is 4.31 Å². The number of rotatable bonds is 6. The number of sulfonamides is 1. The summed E-state index contributed by atoms with van der Waals surface area (Å²) >= 11 is 0. The van der Waals surface area contributed by atoms with Gasteiger partial charge in [0.15, 0.2) is 5.82 Å². The number of amides is 4. The number of hydrogen-bond acceptors (Lipinski definition) is 9. The van der Waals surface area contributed by atoms with E-state index in [9.17, 15) is 27.6 Å². The molecule has 0 unspecified atom stereocenters. The van der Waals surface area contributed by atoms with Gasteiger partial charge in [0.2, 0.25) is 33.7 Å². The van der Waals surface area contributed by atoms with Gasteiger partial charge in [0.1, 0.15) is 24.5 Å². The molecule has 2 aromatic carbocycles. The van der Waals surface area contributed by atoms with Crippen LogP contribution in [0.4, 0.5) is 0 Å². The Bertz CT molecular complexity index is 2030. The maximum Gasteiger partial charge on any atom is 0.243 e. The van der Waals surface area contributed by atoms with Crippen LogP contribution in [0.5, 0.6) is 0 Å². The van der Waals surface area contributed by atoms with Crippen LogP contribution in [0.25, 0.3) is 17.1 Å². The van der Waals surface area contributed by atoms with Crippen molar-refractivity contribution in [3.63, 3.8) is 0 Å². The fraction of sp³-hybridized carbons (Fsp3) is 0.417. The molecule has 3 heterocycles. The summed E-state index contributed by atoms with van der Waals surface area (Å²) in [6, 6.07) is 13.0. The summed E-state index contributed by atoms with van der Waals surface area (Å²) in [5, 5.41) is 19.8. The van der Waals surface area contributed by atoms with Crippen molar-refractivity contribution < 1.29 is 27.6 Å². The highest BCUT2D eigenvalue weighted by atomic mass is 32.2. The standard InChI is InChI=1S/C36H46N10O6S/c1-23(2)19-29-36(50)40-25(4)34-42-33(27-11-7-6-8-12-27)43-46(34)22-31(47)37-15-9-17-44(21-32(48)39-26(5)35(49)41-29)53(51,52)30-20-28(14-13-24(30)3)45-18-10-16-38-45/h6-8,10-14,16,18,20,23,25-26,29H,9,15,17,19,21-22H2,1-5H3,(H,37,47)(H,39,48)(H,40,50)(H,41,49)/t25-,26+,29+/m0/s1. The highest BCUT2D eigenvalue weighted by Gasteiger charge is 2.31. The summed E-state index contributed by atoms with van der Waals surface area (Å²) in [5.41, 5.74) is 1.68. The van der Waals surface area contributed by atoms with E-state index in [2.05, 4.69) is 36.4 Å². The normalized spacial score (nSPS) is 20.3. The van der Waals surface area contributed by atoms with Gasteiger partial charge in [-0.05, 0) is 63.3 Å². The van der Waals surface area contributed by atoms with Gasteiger partial charge in [-0.3, -0.25) is 19.2 Å². The first-order valence-electron chi connectivity index (χ1n) is 17.5. The lowest BCUT2D eigenvalue weighted by atomic mass is 10.0. The number of carbonyl (C=O) groups excluding carboxylic acids is 4. The van der Waals surface area contributed by atoms with E-state index in [4.69, 9.17) is 0 Å². The van der Waals surface area contributed by atoms with E-state index < -0.39 is 58.3 Å². The Kier molecular flexibility index (Phi) is 12.4. The first kappa shape index (κ1) is 38.8. The molecule has 17 heteroatoms. The van der Waals surface area contributed by atoms with Gasteiger partial charge in [0, 0.05) is 31.0 Å². The van der Waals surface area contributed by atoms with Gasteiger partial charge in [-0.1, -0.05) is 50.2 Å². The molecule has 0 aliphatic carbocycles. The minimum absolute atomic E-state index is 0.0129. The third-order valence-corrected chi connectivity index (χ3v) is 10.7. The Labute approximate surface area is 308 Å². The van der Waals surface area contributed by atoms with Crippen LogP contribution in [0.2, 0.25) is 0 Å². The van der Waals surface area contributed by atoms with Crippen LogP contribution in [0.3, 0.4) is 0 Å². The second-order valence-electron chi connectivity index (χ2n) is 13.5. The molecule has 4 amide bonds. The molecule has 4 N–H and O–H groups in total. The molecule has 282 valence electrons. The predicted molar refractivity (Wildman–Crippen MR) is 196 cm³/mol. The molecule has 5 rings (SSSR count). The molecule has 1 aliphatic rings. The molecule has 0 saturated carbocycles. The van der Waals surface area contributed by atoms with Gasteiger partial charge in [-0.2, -0.15) is 14.5 Å². The first-order chi connectivity index (χ1) is 25.2. The highest BCUT2D eigenvalue weighted by molar-refractivity contribution is 7.89. The molecule has 4 aromatic rings. The van der Waals surface area contributed by atoms with Crippen molar-refractivity contribution in [3.8, 4) is 17.1 Å². The van der Waals surface area contributed by atoms with Crippen molar-refractivity contribution in [2.45, 2.75) is 77.0 Å². The van der Waals surface area contributed by atoms with Gasteiger partial charge >= 0.3 is 0 Å². The van der Waals surface area contributed by atoms with Gasteiger partial charge in [0.05, 0.1) is 23.2 Å². The van der Waals surface area contributed by atoms with Crippen LogP contribution >= 0.6 is 0 Å². The maximum absolute atomic E-state index is 14.2. The number of benzene rings is 2. The van der Waals surface area contributed by atoms with E-state index >= 15 is 0 Å². The third-order valence-electron chi connectivity index (χ3n) is 8.67. The van der Waals surface area contributed by atoms with Crippen molar-refractivity contribution in [1.29, 1.82) is 0 Å². The van der Waals surface area contributed by atoms with Crippen molar-refractivity contribution in [3.05, 3.63) is 78.4 Å². The zero-order chi connectivity index (χ0) is 38.3. The second kappa shape index (κ2) is 16.9. The molecule has 0 saturated heterocycles. The average Bonchev–Trinajstić information content (AvgIpc) is 3.80. The van der Waals surface area contributed by atoms with E-state index in [1.807, 2.05) is 44.2 Å². The molecule has 1 aliphatic heterocycles. The number of aromatic nitrogens is 5. The molecule has 0 fully saturated rings. The van der Waals surface area contributed by atoms with E-state index in [0.29, 0.717) is 28.5 Å². The summed E-state index contributed by atoms with van der Waals surface area (Å²) < 4.78 is 32.4. The summed E-state index contributed by atoms with van der Waals surface area (Å²) in [5.74, 6) is -1.54. The monoisotopic (exact) mass is 746 g/mol. The van der Waals surface area contributed by atoms with Crippen molar-refractivity contribution >= 4 is 33.7 Å². The smallest absolute Gasteiger partial charge is 0.243 e. The van der Waals surface area contributed by atoms with Crippen LogP contribution in [-0.4, -0.2) is 92.6 Å². The lowest BCUT2D eigenvalue weighted by Crippen LogP contribution is -2.54. The Balaban J connectivity index is 1.46. The Morgan fingerprint density at radius 1 is 0.887 bits per heavy atom. The topological polar surface area (TPSA) is 202 Å². The largest absolute Gasteiger partial charge is 0.354 e. The Morgan fingerprint density at radius 2 is 1.64 bits per heavy atom. The molecule has 2 aromatic heterocycles. The third kappa shape index (κ3) is 9.72. The molecular formula is C36H46N10O6S. The number of carbonyl (C=O) groups is 4. The molecule has 16 nitrogen and oxygen atoms in total. The Morgan fingerprint density at radius 3 is 2.34 bits per heavy atom. The lowest BCUT2D eigenvalue weighted by molar-refractivity contribution is -0.132. The first-order valence-corrected chi connectivity index (χ1v) is 18.9. The maximum atomic E-state index is 14.2. The molecular weight excluding hydrogens is 701 g/mol. The SMILES string of the molecule is Cc1ccc(-n2cccn2)cc1S(=O)(=O)N1CCCNC(=O)Cn2nc(-c3ccccc3)nc2[C@H](C)NC(=O)[C@@H](CC(C)C)NC(=O)[C@@H](C)NC(=O)C1. The minimum atomic E-state index is -4.27. The lowest BCUT2D eigenvalue weighted by Gasteiger charge is -2.25. The van der Waals surface area contributed by atoms with Crippen LogP contribution in [0.1, 0.15) is 58.0 Å². The summed E-state index contributed by atoms with van der Waals surface area (Å²) in [6.45, 7) is 7.77. The van der Waals surface area contributed by atoms with Gasteiger partial charge in [-0.15, -0.1) is 0 Å². The number of nitrogens with one attached hydrogen (secondary N) is 4. The zero-order valence-electron chi connectivity index (χ0n) is 30.4. The summed E-state index contributed by atoms with van der Waals surface area (Å²) in [6.07, 6.45) is 3.71. The number of fused-ring (bicyclic) bond motifs is 1. The summed E-state index contributed by atoms with van der Waals surface area (Å²) in [7, 11) is -4.27. The quantitative estimate of drug-likeness (QED) is 0.227. The predicted octanol–water partition coefficient (Wildman–Crippen LogP) is 1.86. The fourth-order valence-electron chi connectivity index (χ4n) is 5.92. The highest BCUT2D eigenvalue weighted by Crippen LogP contribution is 2.24. The minimum Gasteiger partial charge on any atom is -0.354 e. The van der Waals surface area contributed by atoms with Crippen molar-refractivity contribution in [2.24, 2.45) is 5.92 Å².